The molecule has 1 atom stereocenters. The van der Waals surface area contributed by atoms with E-state index in [-0.39, 0.29) is 10.9 Å². The summed E-state index contributed by atoms with van der Waals surface area (Å²) >= 11 is 0. The van der Waals surface area contributed by atoms with Gasteiger partial charge in [-0.15, -0.1) is 0 Å². The molecule has 0 radical (unpaired) electrons. The lowest BCUT2D eigenvalue weighted by molar-refractivity contribution is 0.179. The van der Waals surface area contributed by atoms with Gasteiger partial charge in [-0.1, -0.05) is 0 Å². The summed E-state index contributed by atoms with van der Waals surface area (Å²) in [6, 6.07) is 2.59. The van der Waals surface area contributed by atoms with Crippen LogP contribution in [0.15, 0.2) is 23.1 Å². The van der Waals surface area contributed by atoms with Crippen LogP contribution in [-0.4, -0.2) is 62.9 Å². The average Bonchev–Trinajstić information content (AvgIpc) is 2.98. The Morgan fingerprint density at radius 1 is 1.05 bits per heavy atom. The number of nitrogens with one attached hydrogen (secondary N) is 1. The fraction of sp³-hybridized carbons (Fsp3) is 0.571. The molecule has 0 saturated carbocycles. The molecule has 1 N–H and O–H groups in total. The van der Waals surface area contributed by atoms with Gasteiger partial charge in [0.2, 0.25) is 10.0 Å². The first-order valence-corrected chi connectivity index (χ1v) is 8.82. The number of halogens is 2. The van der Waals surface area contributed by atoms with Crippen molar-refractivity contribution >= 4 is 10.0 Å². The minimum atomic E-state index is -3.84. The van der Waals surface area contributed by atoms with Crippen LogP contribution < -0.4 is 5.32 Å². The van der Waals surface area contributed by atoms with Crippen LogP contribution in [0.2, 0.25) is 0 Å². The van der Waals surface area contributed by atoms with Gasteiger partial charge in [0.1, 0.15) is 11.6 Å². The highest BCUT2D eigenvalue weighted by molar-refractivity contribution is 7.89. The maximum Gasteiger partial charge on any atom is 0.243 e. The summed E-state index contributed by atoms with van der Waals surface area (Å²) in [5.41, 5.74) is 0. The van der Waals surface area contributed by atoms with Crippen LogP contribution in [0.5, 0.6) is 0 Å². The lowest BCUT2D eigenvalue weighted by atomic mass is 10.2. The van der Waals surface area contributed by atoms with Crippen LogP contribution in [0, 0.1) is 11.6 Å². The summed E-state index contributed by atoms with van der Waals surface area (Å²) in [5, 5.41) is 3.26. The highest BCUT2D eigenvalue weighted by Crippen LogP contribution is 2.25. The molecule has 0 aliphatic carbocycles. The highest BCUT2D eigenvalue weighted by Gasteiger charge is 2.35. The van der Waals surface area contributed by atoms with Crippen LogP contribution in [0.4, 0.5) is 8.78 Å². The molecule has 22 heavy (non-hydrogen) atoms. The maximum atomic E-state index is 13.3. The lowest BCUT2D eigenvalue weighted by Gasteiger charge is -2.32. The first kappa shape index (κ1) is 15.8. The van der Waals surface area contributed by atoms with Crippen LogP contribution >= 0.6 is 0 Å². The summed E-state index contributed by atoms with van der Waals surface area (Å²) in [6.07, 6.45) is 0.747. The molecule has 2 heterocycles. The van der Waals surface area contributed by atoms with Gasteiger partial charge < -0.3 is 5.32 Å². The number of benzene rings is 1. The molecule has 122 valence electrons. The zero-order valence-electron chi connectivity index (χ0n) is 12.1. The second-order valence-corrected chi connectivity index (χ2v) is 7.63. The molecular weight excluding hydrogens is 312 g/mol. The van der Waals surface area contributed by atoms with E-state index in [2.05, 4.69) is 10.2 Å². The largest absolute Gasteiger partial charge is 0.314 e. The second-order valence-electron chi connectivity index (χ2n) is 5.70. The summed E-state index contributed by atoms with van der Waals surface area (Å²) < 4.78 is 52.9. The van der Waals surface area contributed by atoms with Gasteiger partial charge in [-0.2, -0.15) is 4.31 Å². The van der Waals surface area contributed by atoms with Gasteiger partial charge in [-0.25, -0.2) is 17.2 Å². The number of hydrogen-bond acceptors (Lipinski definition) is 4. The third-order valence-electron chi connectivity index (χ3n) is 4.27. The van der Waals surface area contributed by atoms with Crippen LogP contribution in [0.1, 0.15) is 6.42 Å². The Labute approximate surface area is 129 Å². The second kappa shape index (κ2) is 6.19. The van der Waals surface area contributed by atoms with Crippen molar-refractivity contribution < 1.29 is 17.2 Å². The summed E-state index contributed by atoms with van der Waals surface area (Å²) in [6.45, 7) is 4.35. The highest BCUT2D eigenvalue weighted by atomic mass is 32.2. The molecule has 3 rings (SSSR count). The molecule has 2 aliphatic rings. The van der Waals surface area contributed by atoms with Gasteiger partial charge in [0.05, 0.1) is 4.90 Å². The predicted molar refractivity (Wildman–Crippen MR) is 78.0 cm³/mol. The zero-order chi connectivity index (χ0) is 15.7. The van der Waals surface area contributed by atoms with E-state index >= 15 is 0 Å². The quantitative estimate of drug-likeness (QED) is 0.883. The van der Waals surface area contributed by atoms with Gasteiger partial charge in [-0.3, -0.25) is 4.90 Å². The third-order valence-corrected chi connectivity index (χ3v) is 6.11. The number of sulfonamides is 1. The van der Waals surface area contributed by atoms with Crippen LogP contribution in [-0.2, 0) is 10.0 Å². The minimum Gasteiger partial charge on any atom is -0.314 e. The maximum absolute atomic E-state index is 13.3. The number of rotatable bonds is 3. The molecule has 1 unspecified atom stereocenters. The molecule has 8 heteroatoms. The van der Waals surface area contributed by atoms with E-state index in [0.717, 1.165) is 44.7 Å². The molecule has 2 saturated heterocycles. The molecular formula is C14H19F2N3O2S. The Kier molecular flexibility index (Phi) is 4.44. The molecule has 2 aliphatic heterocycles. The zero-order valence-corrected chi connectivity index (χ0v) is 13.0. The molecule has 1 aromatic carbocycles. The fourth-order valence-corrected chi connectivity index (χ4v) is 4.64. The van der Waals surface area contributed by atoms with Crippen molar-refractivity contribution in [2.24, 2.45) is 0 Å². The predicted octanol–water partition coefficient (Wildman–Crippen LogP) is 0.633. The van der Waals surface area contributed by atoms with Crippen molar-refractivity contribution in [2.45, 2.75) is 17.4 Å². The monoisotopic (exact) mass is 331 g/mol. The Hall–Kier alpha value is -1.09. The molecule has 2 fully saturated rings. The van der Waals surface area contributed by atoms with Crippen molar-refractivity contribution in [2.75, 3.05) is 39.3 Å². The van der Waals surface area contributed by atoms with E-state index in [1.165, 1.54) is 4.31 Å². The Balaban J connectivity index is 1.76. The van der Waals surface area contributed by atoms with Crippen molar-refractivity contribution in [3.8, 4) is 0 Å². The normalized spacial score (nSPS) is 24.7. The molecule has 0 spiro atoms. The SMILES string of the molecule is O=S(=O)(c1cc(F)cc(F)c1)N1CCC(N2CCNCC2)C1. The smallest absolute Gasteiger partial charge is 0.243 e. The third kappa shape index (κ3) is 3.15. The van der Waals surface area contributed by atoms with E-state index in [4.69, 9.17) is 0 Å². The van der Waals surface area contributed by atoms with E-state index in [9.17, 15) is 17.2 Å². The van der Waals surface area contributed by atoms with Crippen LogP contribution in [0.3, 0.4) is 0 Å². The molecule has 5 nitrogen and oxygen atoms in total. The van der Waals surface area contributed by atoms with Crippen molar-refractivity contribution in [1.29, 1.82) is 0 Å². The van der Waals surface area contributed by atoms with Crippen molar-refractivity contribution in [1.82, 2.24) is 14.5 Å². The van der Waals surface area contributed by atoms with Gasteiger partial charge in [-0.05, 0) is 18.6 Å². The number of piperazine rings is 1. The van der Waals surface area contributed by atoms with Gasteiger partial charge in [0.15, 0.2) is 0 Å². The Morgan fingerprint density at radius 2 is 1.68 bits per heavy atom. The molecule has 0 amide bonds. The topological polar surface area (TPSA) is 52.7 Å². The Bertz CT molecular complexity index is 627. The fourth-order valence-electron chi connectivity index (χ4n) is 3.10. The van der Waals surface area contributed by atoms with E-state index in [1.54, 1.807) is 0 Å². The molecule has 0 aromatic heterocycles. The van der Waals surface area contributed by atoms with E-state index in [1.807, 2.05) is 0 Å². The van der Waals surface area contributed by atoms with Crippen LogP contribution in [0.25, 0.3) is 0 Å². The number of nitrogens with zero attached hydrogens (tertiary/aromatic N) is 2. The van der Waals surface area contributed by atoms with Crippen molar-refractivity contribution in [3.05, 3.63) is 29.8 Å². The molecule has 1 aromatic rings. The standard InChI is InChI=1S/C14H19F2N3O2S/c15-11-7-12(16)9-14(8-11)22(20,21)19-4-1-13(10-19)18-5-2-17-3-6-18/h7-9,13,17H,1-6,10H2. The van der Waals surface area contributed by atoms with E-state index < -0.39 is 21.7 Å². The number of hydrogen-bond donors (Lipinski definition) is 1. The summed E-state index contributed by atoms with van der Waals surface area (Å²) in [5.74, 6) is -1.76. The van der Waals surface area contributed by atoms with Gasteiger partial charge >= 0.3 is 0 Å². The van der Waals surface area contributed by atoms with E-state index in [0.29, 0.717) is 19.2 Å². The first-order chi connectivity index (χ1) is 10.5. The lowest BCUT2D eigenvalue weighted by Crippen LogP contribution is -2.49. The average molecular weight is 331 g/mol. The van der Waals surface area contributed by atoms with Crippen molar-refractivity contribution in [3.63, 3.8) is 0 Å². The summed E-state index contributed by atoms with van der Waals surface area (Å²) in [4.78, 5) is 1.96. The van der Waals surface area contributed by atoms with Gasteiger partial charge in [0, 0.05) is 51.4 Å². The molecule has 0 bridgehead atoms. The Morgan fingerprint density at radius 3 is 2.32 bits per heavy atom. The van der Waals surface area contributed by atoms with Gasteiger partial charge in [0.25, 0.3) is 0 Å². The minimum absolute atomic E-state index is 0.176. The first-order valence-electron chi connectivity index (χ1n) is 7.38. The summed E-state index contributed by atoms with van der Waals surface area (Å²) in [7, 11) is -3.84.